The molecule has 31 heavy (non-hydrogen) atoms. The Morgan fingerprint density at radius 3 is 2.29 bits per heavy atom. The third kappa shape index (κ3) is 5.03. The molecule has 0 saturated carbocycles. The summed E-state index contributed by atoms with van der Waals surface area (Å²) in [5.74, 6) is -0.166. The van der Waals surface area contributed by atoms with E-state index in [9.17, 15) is 14.4 Å². The quantitative estimate of drug-likeness (QED) is 0.624. The molecular formula is C23H27N3O5. The van der Waals surface area contributed by atoms with Crippen molar-refractivity contribution in [3.05, 3.63) is 54.1 Å². The van der Waals surface area contributed by atoms with Gasteiger partial charge in [-0.2, -0.15) is 0 Å². The molecule has 8 heteroatoms. The van der Waals surface area contributed by atoms with Crippen LogP contribution in [0.1, 0.15) is 18.9 Å². The molecule has 4 amide bonds. The van der Waals surface area contributed by atoms with E-state index in [-0.39, 0.29) is 25.5 Å². The van der Waals surface area contributed by atoms with Crippen molar-refractivity contribution >= 4 is 29.2 Å². The third-order valence-corrected chi connectivity index (χ3v) is 5.21. The zero-order valence-electron chi connectivity index (χ0n) is 18.0. The predicted octanol–water partition coefficient (Wildman–Crippen LogP) is 3.07. The van der Waals surface area contributed by atoms with Gasteiger partial charge in [-0.3, -0.25) is 9.59 Å². The first-order valence-corrected chi connectivity index (χ1v) is 10.1. The lowest BCUT2D eigenvalue weighted by Gasteiger charge is -2.21. The number of hydrogen-bond donors (Lipinski definition) is 1. The highest BCUT2D eigenvalue weighted by atomic mass is 16.5. The number of nitrogens with zero attached hydrogens (tertiary/aromatic N) is 2. The summed E-state index contributed by atoms with van der Waals surface area (Å²) in [4.78, 5) is 41.3. The number of amides is 4. The van der Waals surface area contributed by atoms with Crippen molar-refractivity contribution in [1.29, 1.82) is 0 Å². The summed E-state index contributed by atoms with van der Waals surface area (Å²) in [7, 11) is 3.06. The van der Waals surface area contributed by atoms with Crippen LogP contribution in [0.3, 0.4) is 0 Å². The standard InChI is InChI=1S/C23H27N3O5/c1-4-16-5-7-17(8-6-16)24-21(27)15-20-22(28)26(23(29)25(20)13-14-30-2)18-9-11-19(31-3)12-10-18/h5-12,20H,4,13-15H2,1-3H3,(H,24,27)/t20-/m0/s1. The van der Waals surface area contributed by atoms with E-state index in [2.05, 4.69) is 12.2 Å². The molecule has 0 aromatic heterocycles. The molecule has 0 radical (unpaired) electrons. The average Bonchev–Trinajstić information content (AvgIpc) is 3.01. The number of carbonyl (C=O) groups is 3. The van der Waals surface area contributed by atoms with Crippen LogP contribution in [0.25, 0.3) is 0 Å². The second-order valence-electron chi connectivity index (χ2n) is 7.16. The molecular weight excluding hydrogens is 398 g/mol. The topological polar surface area (TPSA) is 88.2 Å². The third-order valence-electron chi connectivity index (χ3n) is 5.21. The van der Waals surface area contributed by atoms with Crippen LogP contribution in [0.5, 0.6) is 5.75 Å². The summed E-state index contributed by atoms with van der Waals surface area (Å²) < 4.78 is 10.2. The maximum absolute atomic E-state index is 13.1. The van der Waals surface area contributed by atoms with Gasteiger partial charge in [-0.1, -0.05) is 19.1 Å². The maximum atomic E-state index is 13.1. The molecule has 0 spiro atoms. The van der Waals surface area contributed by atoms with Crippen LogP contribution in [0, 0.1) is 0 Å². The summed E-state index contributed by atoms with van der Waals surface area (Å²) in [5.41, 5.74) is 2.24. The monoisotopic (exact) mass is 425 g/mol. The van der Waals surface area contributed by atoms with Crippen molar-refractivity contribution < 1.29 is 23.9 Å². The summed E-state index contributed by atoms with van der Waals surface area (Å²) in [6.07, 6.45) is 0.763. The zero-order valence-corrected chi connectivity index (χ0v) is 18.0. The van der Waals surface area contributed by atoms with Gasteiger partial charge in [0.1, 0.15) is 11.8 Å². The highest BCUT2D eigenvalue weighted by Gasteiger charge is 2.46. The fraction of sp³-hybridized carbons (Fsp3) is 0.348. The van der Waals surface area contributed by atoms with Crippen LogP contribution >= 0.6 is 0 Å². The van der Waals surface area contributed by atoms with Crippen LogP contribution in [-0.2, 0) is 20.7 Å². The van der Waals surface area contributed by atoms with E-state index in [0.29, 0.717) is 17.1 Å². The molecule has 1 heterocycles. The van der Waals surface area contributed by atoms with Crippen LogP contribution in [0.2, 0.25) is 0 Å². The van der Waals surface area contributed by atoms with Gasteiger partial charge in [0.2, 0.25) is 5.91 Å². The highest BCUT2D eigenvalue weighted by Crippen LogP contribution is 2.28. The van der Waals surface area contributed by atoms with Gasteiger partial charge in [0, 0.05) is 19.3 Å². The lowest BCUT2D eigenvalue weighted by molar-refractivity contribution is -0.124. The molecule has 3 rings (SSSR count). The van der Waals surface area contributed by atoms with Crippen molar-refractivity contribution in [2.75, 3.05) is 37.6 Å². The van der Waals surface area contributed by atoms with Crippen molar-refractivity contribution in [2.45, 2.75) is 25.8 Å². The molecule has 1 atom stereocenters. The summed E-state index contributed by atoms with van der Waals surface area (Å²) in [5, 5.41) is 2.81. The largest absolute Gasteiger partial charge is 0.497 e. The van der Waals surface area contributed by atoms with E-state index in [1.54, 1.807) is 24.3 Å². The van der Waals surface area contributed by atoms with E-state index < -0.39 is 18.0 Å². The number of hydrogen-bond acceptors (Lipinski definition) is 5. The number of rotatable bonds is 9. The van der Waals surface area contributed by atoms with Crippen molar-refractivity contribution in [2.24, 2.45) is 0 Å². The van der Waals surface area contributed by atoms with Crippen molar-refractivity contribution in [3.8, 4) is 5.75 Å². The Morgan fingerprint density at radius 1 is 1.03 bits per heavy atom. The number of anilines is 2. The van der Waals surface area contributed by atoms with Crippen LogP contribution < -0.4 is 15.0 Å². The fourth-order valence-electron chi connectivity index (χ4n) is 3.46. The predicted molar refractivity (Wildman–Crippen MR) is 117 cm³/mol. The minimum atomic E-state index is -0.903. The summed E-state index contributed by atoms with van der Waals surface area (Å²) >= 11 is 0. The molecule has 8 nitrogen and oxygen atoms in total. The molecule has 2 aromatic carbocycles. The number of imide groups is 1. The van der Waals surface area contributed by atoms with Gasteiger partial charge in [0.15, 0.2) is 0 Å². The highest BCUT2D eigenvalue weighted by molar-refractivity contribution is 6.22. The van der Waals surface area contributed by atoms with Gasteiger partial charge >= 0.3 is 6.03 Å². The minimum Gasteiger partial charge on any atom is -0.497 e. The van der Waals surface area contributed by atoms with Gasteiger partial charge in [0.25, 0.3) is 5.91 Å². The zero-order chi connectivity index (χ0) is 22.4. The number of urea groups is 1. The molecule has 0 aliphatic carbocycles. The SMILES string of the molecule is CCc1ccc(NC(=O)C[C@H]2C(=O)N(c3ccc(OC)cc3)C(=O)N2CCOC)cc1. The summed E-state index contributed by atoms with van der Waals surface area (Å²) in [6.45, 7) is 2.52. The Kier molecular flexibility index (Phi) is 7.25. The molecule has 164 valence electrons. The van der Waals surface area contributed by atoms with E-state index in [1.165, 1.54) is 19.1 Å². The van der Waals surface area contributed by atoms with Gasteiger partial charge in [-0.05, 0) is 48.4 Å². The number of aryl methyl sites for hydroxylation is 1. The van der Waals surface area contributed by atoms with E-state index in [0.717, 1.165) is 16.9 Å². The van der Waals surface area contributed by atoms with Crippen molar-refractivity contribution in [3.63, 3.8) is 0 Å². The molecule has 2 aromatic rings. The second kappa shape index (κ2) is 10.1. The number of benzene rings is 2. The Balaban J connectivity index is 1.77. The van der Waals surface area contributed by atoms with E-state index >= 15 is 0 Å². The lowest BCUT2D eigenvalue weighted by atomic mass is 10.1. The van der Waals surface area contributed by atoms with Crippen molar-refractivity contribution in [1.82, 2.24) is 4.90 Å². The first-order chi connectivity index (χ1) is 15.0. The average molecular weight is 425 g/mol. The lowest BCUT2D eigenvalue weighted by Crippen LogP contribution is -2.39. The fourth-order valence-corrected chi connectivity index (χ4v) is 3.46. The molecule has 1 fully saturated rings. The molecule has 1 aliphatic rings. The molecule has 1 aliphatic heterocycles. The number of carbonyl (C=O) groups excluding carboxylic acids is 3. The maximum Gasteiger partial charge on any atom is 0.332 e. The molecule has 0 bridgehead atoms. The van der Waals surface area contributed by atoms with Crippen LogP contribution in [0.4, 0.5) is 16.2 Å². The molecule has 1 saturated heterocycles. The Labute approximate surface area is 181 Å². The molecule has 1 N–H and O–H groups in total. The van der Waals surface area contributed by atoms with Gasteiger partial charge in [-0.15, -0.1) is 0 Å². The van der Waals surface area contributed by atoms with Gasteiger partial charge in [-0.25, -0.2) is 9.69 Å². The van der Waals surface area contributed by atoms with E-state index in [1.807, 2.05) is 24.3 Å². The Morgan fingerprint density at radius 2 is 1.71 bits per heavy atom. The Bertz CT molecular complexity index is 927. The van der Waals surface area contributed by atoms with Crippen LogP contribution in [0.15, 0.2) is 48.5 Å². The van der Waals surface area contributed by atoms with Crippen LogP contribution in [-0.4, -0.2) is 56.2 Å². The first kappa shape index (κ1) is 22.3. The normalized spacial score (nSPS) is 16.0. The second-order valence-corrected chi connectivity index (χ2v) is 7.16. The molecule has 0 unspecified atom stereocenters. The van der Waals surface area contributed by atoms with Gasteiger partial charge < -0.3 is 19.7 Å². The number of methoxy groups -OCH3 is 2. The summed E-state index contributed by atoms with van der Waals surface area (Å²) in [6, 6.07) is 12.8. The number of ether oxygens (including phenoxy) is 2. The van der Waals surface area contributed by atoms with E-state index in [4.69, 9.17) is 9.47 Å². The smallest absolute Gasteiger partial charge is 0.332 e. The number of nitrogens with one attached hydrogen (secondary N) is 1. The van der Waals surface area contributed by atoms with Gasteiger partial charge in [0.05, 0.1) is 25.8 Å². The minimum absolute atomic E-state index is 0.142. The Hall–Kier alpha value is -3.39. The first-order valence-electron chi connectivity index (χ1n) is 10.1.